The van der Waals surface area contributed by atoms with E-state index >= 15 is 0 Å². The quantitative estimate of drug-likeness (QED) is 0.791. The van der Waals surface area contributed by atoms with Crippen molar-refractivity contribution in [3.63, 3.8) is 0 Å². The number of rotatable bonds is 6. The molecule has 1 aromatic rings. The van der Waals surface area contributed by atoms with Gasteiger partial charge in [-0.15, -0.1) is 0 Å². The van der Waals surface area contributed by atoms with Crippen LogP contribution in [0.4, 0.5) is 0 Å². The molecule has 20 heavy (non-hydrogen) atoms. The predicted octanol–water partition coefficient (Wildman–Crippen LogP) is 2.34. The highest BCUT2D eigenvalue weighted by molar-refractivity contribution is 7.89. The zero-order valence-electron chi connectivity index (χ0n) is 12.3. The second-order valence-electron chi connectivity index (χ2n) is 5.22. The number of hydrogen-bond donors (Lipinski definition) is 2. The number of sulfonamides is 1. The Kier molecular flexibility index (Phi) is 5.68. The van der Waals surface area contributed by atoms with E-state index < -0.39 is 10.0 Å². The van der Waals surface area contributed by atoms with Crippen molar-refractivity contribution in [2.45, 2.75) is 45.1 Å². The van der Waals surface area contributed by atoms with Crippen molar-refractivity contribution in [1.29, 1.82) is 0 Å². The fourth-order valence-electron chi connectivity index (χ4n) is 2.04. The number of nitrogens with one attached hydrogen (secondary N) is 1. The Bertz CT molecular complexity index is 595. The van der Waals surface area contributed by atoms with Gasteiger partial charge in [-0.1, -0.05) is 39.1 Å². The molecular weight excluding hydrogens is 292 g/mol. The lowest BCUT2D eigenvalue weighted by molar-refractivity contribution is 0.437. The summed E-state index contributed by atoms with van der Waals surface area (Å²) in [5.41, 5.74) is 7.05. The third kappa shape index (κ3) is 4.01. The number of hydrogen-bond acceptors (Lipinski definition) is 3. The van der Waals surface area contributed by atoms with E-state index in [4.69, 9.17) is 18.0 Å². The predicted molar refractivity (Wildman–Crippen MR) is 86.3 cm³/mol. The molecule has 1 atom stereocenters. The van der Waals surface area contributed by atoms with Crippen LogP contribution in [0, 0.1) is 12.8 Å². The van der Waals surface area contributed by atoms with E-state index in [0.717, 1.165) is 12.0 Å². The first-order chi connectivity index (χ1) is 9.19. The molecular formula is C14H22N2O2S2. The average Bonchev–Trinajstić information content (AvgIpc) is 2.35. The van der Waals surface area contributed by atoms with E-state index in [1.165, 1.54) is 6.07 Å². The molecule has 6 heteroatoms. The molecule has 1 rings (SSSR count). The molecule has 3 N–H and O–H groups in total. The maximum atomic E-state index is 12.4. The Morgan fingerprint density at radius 2 is 2.00 bits per heavy atom. The topological polar surface area (TPSA) is 72.2 Å². The van der Waals surface area contributed by atoms with Gasteiger partial charge in [0.2, 0.25) is 10.0 Å². The second-order valence-corrected chi connectivity index (χ2v) is 7.37. The highest BCUT2D eigenvalue weighted by atomic mass is 32.2. The molecule has 0 heterocycles. The van der Waals surface area contributed by atoms with E-state index in [1.807, 2.05) is 20.8 Å². The molecule has 0 aliphatic rings. The normalized spacial score (nSPS) is 13.4. The molecule has 0 saturated carbocycles. The van der Waals surface area contributed by atoms with Crippen LogP contribution >= 0.6 is 12.2 Å². The summed E-state index contributed by atoms with van der Waals surface area (Å²) in [4.78, 5) is 0.516. The molecule has 4 nitrogen and oxygen atoms in total. The van der Waals surface area contributed by atoms with Crippen LogP contribution in [0.1, 0.15) is 38.3 Å². The van der Waals surface area contributed by atoms with Gasteiger partial charge in [-0.2, -0.15) is 0 Å². The van der Waals surface area contributed by atoms with Gasteiger partial charge in [-0.05, 0) is 37.0 Å². The van der Waals surface area contributed by atoms with E-state index in [2.05, 4.69) is 4.72 Å². The Labute approximate surface area is 126 Å². The second kappa shape index (κ2) is 6.65. The molecule has 0 radical (unpaired) electrons. The summed E-state index contributed by atoms with van der Waals surface area (Å²) in [7, 11) is -3.52. The molecule has 0 aliphatic carbocycles. The average molecular weight is 314 g/mol. The van der Waals surface area contributed by atoms with E-state index in [1.54, 1.807) is 19.1 Å². The van der Waals surface area contributed by atoms with Gasteiger partial charge in [-0.3, -0.25) is 0 Å². The molecule has 0 aliphatic heterocycles. The first-order valence-corrected chi connectivity index (χ1v) is 8.51. The van der Waals surface area contributed by atoms with Crippen LogP contribution in [-0.2, 0) is 10.0 Å². The minimum atomic E-state index is -3.52. The zero-order valence-corrected chi connectivity index (χ0v) is 13.9. The molecule has 0 aromatic heterocycles. The van der Waals surface area contributed by atoms with Crippen molar-refractivity contribution in [1.82, 2.24) is 4.72 Å². The Morgan fingerprint density at radius 1 is 1.40 bits per heavy atom. The van der Waals surface area contributed by atoms with Crippen LogP contribution < -0.4 is 10.5 Å². The van der Waals surface area contributed by atoms with Gasteiger partial charge in [0.25, 0.3) is 0 Å². The monoisotopic (exact) mass is 314 g/mol. The lowest BCUT2D eigenvalue weighted by Crippen LogP contribution is -2.38. The SMILES string of the molecule is CCC(NS(=O)(=O)c1ccc(C(N)=S)c(C)c1)C(C)C. The van der Waals surface area contributed by atoms with Crippen LogP contribution in [-0.4, -0.2) is 19.4 Å². The number of aryl methyl sites for hydroxylation is 1. The summed E-state index contributed by atoms with van der Waals surface area (Å²) >= 11 is 4.92. The Morgan fingerprint density at radius 3 is 2.40 bits per heavy atom. The van der Waals surface area contributed by atoms with Crippen LogP contribution in [0.25, 0.3) is 0 Å². The summed E-state index contributed by atoms with van der Waals surface area (Å²) in [6.07, 6.45) is 0.751. The third-order valence-corrected chi connectivity index (χ3v) is 5.03. The zero-order chi connectivity index (χ0) is 15.5. The third-order valence-electron chi connectivity index (χ3n) is 3.32. The molecule has 0 saturated heterocycles. The van der Waals surface area contributed by atoms with Gasteiger partial charge >= 0.3 is 0 Å². The Balaban J connectivity index is 3.10. The van der Waals surface area contributed by atoms with Crippen LogP contribution in [0.15, 0.2) is 23.1 Å². The fourth-order valence-corrected chi connectivity index (χ4v) is 3.82. The number of nitrogens with two attached hydrogens (primary N) is 1. The van der Waals surface area contributed by atoms with Gasteiger partial charge in [0.05, 0.1) is 4.90 Å². The summed E-state index contributed by atoms with van der Waals surface area (Å²) in [5, 5.41) is 0. The van der Waals surface area contributed by atoms with Gasteiger partial charge < -0.3 is 5.73 Å². The maximum Gasteiger partial charge on any atom is 0.240 e. The van der Waals surface area contributed by atoms with Crippen LogP contribution in [0.3, 0.4) is 0 Å². The minimum Gasteiger partial charge on any atom is -0.389 e. The first-order valence-electron chi connectivity index (χ1n) is 6.61. The molecule has 1 aromatic carbocycles. The summed E-state index contributed by atoms with van der Waals surface area (Å²) in [5.74, 6) is 0.242. The standard InChI is InChI=1S/C14H22N2O2S2/c1-5-13(9(2)3)16-20(17,18)11-6-7-12(14(15)19)10(4)8-11/h6-9,13,16H,5H2,1-4H3,(H2,15,19). The maximum absolute atomic E-state index is 12.4. The highest BCUT2D eigenvalue weighted by Gasteiger charge is 2.21. The summed E-state index contributed by atoms with van der Waals surface area (Å²) < 4.78 is 27.5. The van der Waals surface area contributed by atoms with Gasteiger partial charge in [0, 0.05) is 11.6 Å². The Hall–Kier alpha value is -0.980. The fraction of sp³-hybridized carbons (Fsp3) is 0.500. The van der Waals surface area contributed by atoms with Crippen molar-refractivity contribution in [2.24, 2.45) is 11.7 Å². The number of benzene rings is 1. The molecule has 0 bridgehead atoms. The van der Waals surface area contributed by atoms with Crippen molar-refractivity contribution in [2.75, 3.05) is 0 Å². The van der Waals surface area contributed by atoms with Crippen molar-refractivity contribution >= 4 is 27.2 Å². The van der Waals surface area contributed by atoms with Gasteiger partial charge in [-0.25, -0.2) is 13.1 Å². The minimum absolute atomic E-state index is 0.0735. The van der Waals surface area contributed by atoms with E-state index in [0.29, 0.717) is 5.56 Å². The van der Waals surface area contributed by atoms with Crippen LogP contribution in [0.5, 0.6) is 0 Å². The molecule has 1 unspecified atom stereocenters. The largest absolute Gasteiger partial charge is 0.389 e. The van der Waals surface area contributed by atoms with Gasteiger partial charge in [0.1, 0.15) is 4.99 Å². The molecule has 0 amide bonds. The number of thiocarbonyl (C=S) groups is 1. The van der Waals surface area contributed by atoms with E-state index in [9.17, 15) is 8.42 Å². The highest BCUT2D eigenvalue weighted by Crippen LogP contribution is 2.17. The molecule has 0 spiro atoms. The summed E-state index contributed by atoms with van der Waals surface area (Å²) in [6.45, 7) is 7.76. The lowest BCUT2D eigenvalue weighted by atomic mass is 10.0. The smallest absolute Gasteiger partial charge is 0.240 e. The summed E-state index contributed by atoms with van der Waals surface area (Å²) in [6, 6.07) is 4.72. The van der Waals surface area contributed by atoms with Crippen molar-refractivity contribution in [3.05, 3.63) is 29.3 Å². The van der Waals surface area contributed by atoms with Crippen molar-refractivity contribution < 1.29 is 8.42 Å². The molecule has 0 fully saturated rings. The van der Waals surface area contributed by atoms with Crippen LogP contribution in [0.2, 0.25) is 0 Å². The van der Waals surface area contributed by atoms with E-state index in [-0.39, 0.29) is 21.8 Å². The van der Waals surface area contributed by atoms with Crippen molar-refractivity contribution in [3.8, 4) is 0 Å². The van der Waals surface area contributed by atoms with Gasteiger partial charge in [0.15, 0.2) is 0 Å². The lowest BCUT2D eigenvalue weighted by Gasteiger charge is -2.21. The molecule has 112 valence electrons. The first kappa shape index (κ1) is 17.1.